The number of thioether (sulfide) groups is 1. The summed E-state index contributed by atoms with van der Waals surface area (Å²) in [6, 6.07) is 0. The van der Waals surface area contributed by atoms with Gasteiger partial charge in [-0.05, 0) is 0 Å². The third kappa shape index (κ3) is 4.68. The molecule has 0 saturated carbocycles. The minimum Gasteiger partial charge on any atom is -0.458 e. The summed E-state index contributed by atoms with van der Waals surface area (Å²) in [7, 11) is 1.46. The summed E-state index contributed by atoms with van der Waals surface area (Å²) in [5, 5.41) is 0. The monoisotopic (exact) mass is 306 g/mol. The molecule has 1 aliphatic rings. The van der Waals surface area contributed by atoms with Crippen LogP contribution in [0.15, 0.2) is 0 Å². The Bertz CT molecular complexity index is 384. The standard InChI is InChI=1S/C12H18O7S/c1-6(13)17-9-5-20-12(16-4)11(19-8(3)15)10(9)18-7(2)14/h9-12H,5H2,1-4H3/t9-,10+,11-,12+/m1/s1. The molecule has 1 aliphatic heterocycles. The van der Waals surface area contributed by atoms with Crippen molar-refractivity contribution in [1.29, 1.82) is 0 Å². The van der Waals surface area contributed by atoms with Gasteiger partial charge in [0, 0.05) is 33.6 Å². The Labute approximate surface area is 121 Å². The van der Waals surface area contributed by atoms with E-state index >= 15 is 0 Å². The molecule has 1 heterocycles. The third-order valence-corrected chi connectivity index (χ3v) is 3.85. The van der Waals surface area contributed by atoms with E-state index in [0.717, 1.165) is 0 Å². The van der Waals surface area contributed by atoms with Gasteiger partial charge in [0.05, 0.1) is 0 Å². The third-order valence-electron chi connectivity index (χ3n) is 2.54. The minimum atomic E-state index is -0.883. The second-order valence-corrected chi connectivity index (χ2v) is 5.36. The van der Waals surface area contributed by atoms with Gasteiger partial charge in [-0.15, -0.1) is 11.8 Å². The molecule has 8 heteroatoms. The summed E-state index contributed by atoms with van der Waals surface area (Å²) >= 11 is 1.33. The summed E-state index contributed by atoms with van der Waals surface area (Å²) in [6.07, 6.45) is -2.40. The maximum Gasteiger partial charge on any atom is 0.303 e. The number of hydrogen-bond acceptors (Lipinski definition) is 8. The van der Waals surface area contributed by atoms with E-state index in [9.17, 15) is 14.4 Å². The molecule has 0 aromatic carbocycles. The molecule has 114 valence electrons. The van der Waals surface area contributed by atoms with Crippen molar-refractivity contribution in [1.82, 2.24) is 0 Å². The van der Waals surface area contributed by atoms with E-state index in [1.165, 1.54) is 39.6 Å². The van der Waals surface area contributed by atoms with Crippen molar-refractivity contribution in [3.05, 3.63) is 0 Å². The van der Waals surface area contributed by atoms with Crippen LogP contribution in [0.25, 0.3) is 0 Å². The first-order chi connectivity index (χ1) is 9.35. The average molecular weight is 306 g/mol. The Morgan fingerprint density at radius 3 is 1.85 bits per heavy atom. The van der Waals surface area contributed by atoms with Crippen molar-refractivity contribution in [3.63, 3.8) is 0 Å². The maximum absolute atomic E-state index is 11.2. The Morgan fingerprint density at radius 2 is 1.40 bits per heavy atom. The van der Waals surface area contributed by atoms with Crippen molar-refractivity contribution in [2.75, 3.05) is 12.9 Å². The van der Waals surface area contributed by atoms with E-state index in [-0.39, 0.29) is 0 Å². The molecule has 0 amide bonds. The number of carbonyl (C=O) groups excluding carboxylic acids is 3. The van der Waals surface area contributed by atoms with Gasteiger partial charge < -0.3 is 18.9 Å². The molecule has 20 heavy (non-hydrogen) atoms. The number of ether oxygens (including phenoxy) is 4. The Hall–Kier alpha value is -1.28. The second-order valence-electron chi connectivity index (χ2n) is 4.23. The molecule has 0 aliphatic carbocycles. The average Bonchev–Trinajstić information content (AvgIpc) is 2.31. The Balaban J connectivity index is 2.95. The van der Waals surface area contributed by atoms with Crippen molar-refractivity contribution in [3.8, 4) is 0 Å². The van der Waals surface area contributed by atoms with Gasteiger partial charge in [-0.2, -0.15) is 0 Å². The number of rotatable bonds is 4. The Morgan fingerprint density at radius 1 is 0.900 bits per heavy atom. The van der Waals surface area contributed by atoms with E-state index in [2.05, 4.69) is 0 Å². The van der Waals surface area contributed by atoms with Crippen LogP contribution >= 0.6 is 11.8 Å². The summed E-state index contributed by atoms with van der Waals surface area (Å²) in [4.78, 5) is 33.5. The highest BCUT2D eigenvalue weighted by atomic mass is 32.2. The molecule has 0 spiro atoms. The fourth-order valence-electron chi connectivity index (χ4n) is 1.91. The lowest BCUT2D eigenvalue weighted by atomic mass is 10.1. The highest BCUT2D eigenvalue weighted by molar-refractivity contribution is 7.99. The molecule has 0 N–H and O–H groups in total. The second kappa shape index (κ2) is 7.49. The summed E-state index contributed by atoms with van der Waals surface area (Å²) in [5.41, 5.74) is -0.491. The van der Waals surface area contributed by atoms with Crippen LogP contribution < -0.4 is 0 Å². The zero-order valence-electron chi connectivity index (χ0n) is 11.8. The summed E-state index contributed by atoms with van der Waals surface area (Å²) < 4.78 is 20.7. The summed E-state index contributed by atoms with van der Waals surface area (Å²) in [6.45, 7) is 3.75. The maximum atomic E-state index is 11.2. The molecule has 0 aromatic rings. The van der Waals surface area contributed by atoms with Gasteiger partial charge in [0.1, 0.15) is 5.44 Å². The SMILES string of the molecule is CO[C@H]1SC[C@@H](OC(C)=O)[C@H](OC(C)=O)[C@H]1OC(C)=O. The molecular weight excluding hydrogens is 288 g/mol. The van der Waals surface area contributed by atoms with Gasteiger partial charge in [0.2, 0.25) is 0 Å². The van der Waals surface area contributed by atoms with Crippen molar-refractivity contribution in [2.45, 2.75) is 44.5 Å². The van der Waals surface area contributed by atoms with Crippen molar-refractivity contribution < 1.29 is 33.3 Å². The fraction of sp³-hybridized carbons (Fsp3) is 0.750. The quantitative estimate of drug-likeness (QED) is 0.548. The molecule has 0 radical (unpaired) electrons. The van der Waals surface area contributed by atoms with Crippen molar-refractivity contribution in [2.24, 2.45) is 0 Å². The number of hydrogen-bond donors (Lipinski definition) is 0. The van der Waals surface area contributed by atoms with Gasteiger partial charge in [-0.1, -0.05) is 0 Å². The number of carbonyl (C=O) groups is 3. The van der Waals surface area contributed by atoms with E-state index in [0.29, 0.717) is 5.75 Å². The van der Waals surface area contributed by atoms with Gasteiger partial charge in [0.15, 0.2) is 18.3 Å². The van der Waals surface area contributed by atoms with Gasteiger partial charge in [0.25, 0.3) is 0 Å². The molecule has 1 saturated heterocycles. The van der Waals surface area contributed by atoms with E-state index < -0.39 is 41.7 Å². The smallest absolute Gasteiger partial charge is 0.303 e. The van der Waals surface area contributed by atoms with Crippen LogP contribution in [0.1, 0.15) is 20.8 Å². The first-order valence-electron chi connectivity index (χ1n) is 6.01. The lowest BCUT2D eigenvalue weighted by molar-refractivity contribution is -0.188. The van der Waals surface area contributed by atoms with Gasteiger partial charge >= 0.3 is 17.9 Å². The Kier molecular flexibility index (Phi) is 6.28. The normalized spacial score (nSPS) is 29.4. The molecule has 1 rings (SSSR count). The van der Waals surface area contributed by atoms with Crippen LogP contribution in [0.5, 0.6) is 0 Å². The topological polar surface area (TPSA) is 88.1 Å². The molecular formula is C12H18O7S. The van der Waals surface area contributed by atoms with Crippen LogP contribution in [-0.4, -0.2) is 54.5 Å². The predicted molar refractivity (Wildman–Crippen MR) is 69.9 cm³/mol. The highest BCUT2D eigenvalue weighted by Crippen LogP contribution is 2.32. The molecule has 0 unspecified atom stereocenters. The van der Waals surface area contributed by atoms with E-state index in [4.69, 9.17) is 18.9 Å². The van der Waals surface area contributed by atoms with Crippen LogP contribution in [-0.2, 0) is 33.3 Å². The zero-order valence-corrected chi connectivity index (χ0v) is 12.6. The number of esters is 3. The van der Waals surface area contributed by atoms with Crippen LogP contribution in [0.4, 0.5) is 0 Å². The van der Waals surface area contributed by atoms with Gasteiger partial charge in [-0.25, -0.2) is 0 Å². The highest BCUT2D eigenvalue weighted by Gasteiger charge is 2.46. The number of methoxy groups -OCH3 is 1. The lowest BCUT2D eigenvalue weighted by Gasteiger charge is -2.39. The molecule has 0 bridgehead atoms. The van der Waals surface area contributed by atoms with Crippen molar-refractivity contribution >= 4 is 29.7 Å². The van der Waals surface area contributed by atoms with Crippen LogP contribution in [0.2, 0.25) is 0 Å². The molecule has 7 nitrogen and oxygen atoms in total. The van der Waals surface area contributed by atoms with E-state index in [1.807, 2.05) is 0 Å². The largest absolute Gasteiger partial charge is 0.458 e. The van der Waals surface area contributed by atoms with E-state index in [1.54, 1.807) is 0 Å². The lowest BCUT2D eigenvalue weighted by Crippen LogP contribution is -2.54. The molecule has 0 aromatic heterocycles. The van der Waals surface area contributed by atoms with Crippen LogP contribution in [0, 0.1) is 0 Å². The molecule has 1 fully saturated rings. The first-order valence-corrected chi connectivity index (χ1v) is 7.06. The predicted octanol–water partition coefficient (Wildman–Crippen LogP) is 0.501. The first kappa shape index (κ1) is 16.8. The fourth-order valence-corrected chi connectivity index (χ4v) is 3.08. The molecule has 4 atom stereocenters. The van der Waals surface area contributed by atoms with Gasteiger partial charge in [-0.3, -0.25) is 14.4 Å². The van der Waals surface area contributed by atoms with Crippen LogP contribution in [0.3, 0.4) is 0 Å². The minimum absolute atomic E-state index is 0.383. The zero-order chi connectivity index (χ0) is 15.3. The summed E-state index contributed by atoms with van der Waals surface area (Å²) in [5.74, 6) is -1.19.